The van der Waals surface area contributed by atoms with Gasteiger partial charge in [0.05, 0.1) is 23.7 Å². The molecule has 3 amide bonds. The first-order valence-electron chi connectivity index (χ1n) is 18.8. The quantitative estimate of drug-likeness (QED) is 0.104. The van der Waals surface area contributed by atoms with Gasteiger partial charge in [0.2, 0.25) is 18.2 Å². The number of likely N-dealkylation sites (N-methyl/N-ethyl adjacent to an activating group) is 1. The van der Waals surface area contributed by atoms with Crippen LogP contribution in [-0.4, -0.2) is 60.6 Å². The van der Waals surface area contributed by atoms with Gasteiger partial charge in [-0.2, -0.15) is 0 Å². The van der Waals surface area contributed by atoms with Crippen molar-refractivity contribution in [2.75, 3.05) is 13.1 Å². The second-order valence-corrected chi connectivity index (χ2v) is 13.3. The summed E-state index contributed by atoms with van der Waals surface area (Å²) in [7, 11) is -0.560. The molecule has 6 rings (SSSR count). The van der Waals surface area contributed by atoms with E-state index in [9.17, 15) is 14.4 Å². The minimum atomic E-state index is -0.560. The van der Waals surface area contributed by atoms with Crippen molar-refractivity contribution in [2.24, 2.45) is 0 Å². The minimum absolute atomic E-state index is 0.0751. The molecule has 0 saturated carbocycles. The summed E-state index contributed by atoms with van der Waals surface area (Å²) >= 11 is 0. The fourth-order valence-electron chi connectivity index (χ4n) is 5.79. The number of hydrogen-bond acceptors (Lipinski definition) is 5. The Morgan fingerprint density at radius 1 is 0.868 bits per heavy atom. The highest BCUT2D eigenvalue weighted by Crippen LogP contribution is 2.38. The molecule has 0 bridgehead atoms. The summed E-state index contributed by atoms with van der Waals surface area (Å²) < 4.78 is 12.2. The Labute approximate surface area is 317 Å². The molecule has 1 aliphatic heterocycles. The molecule has 1 aliphatic carbocycles. The molecule has 0 unspecified atom stereocenters. The Bertz CT molecular complexity index is 1750. The van der Waals surface area contributed by atoms with E-state index in [1.807, 2.05) is 124 Å². The molecule has 1 atom stereocenters. The molecule has 0 spiro atoms. The molecule has 1 fully saturated rings. The van der Waals surface area contributed by atoms with Crippen LogP contribution >= 0.6 is 0 Å². The molecule has 10 heteroatoms. The lowest BCUT2D eigenvalue weighted by Crippen LogP contribution is -2.51. The van der Waals surface area contributed by atoms with Gasteiger partial charge in [0.1, 0.15) is 0 Å². The van der Waals surface area contributed by atoms with E-state index in [1.54, 1.807) is 0 Å². The van der Waals surface area contributed by atoms with E-state index in [0.717, 1.165) is 23.1 Å². The number of allylic oxidation sites excluding steroid dienone is 1. The van der Waals surface area contributed by atoms with Gasteiger partial charge in [-0.1, -0.05) is 100 Å². The summed E-state index contributed by atoms with van der Waals surface area (Å²) in [5.74, 6) is -0.557. The number of aromatic amines is 1. The number of aryl methyl sites for hydroxylation is 1. The van der Waals surface area contributed by atoms with E-state index >= 15 is 0 Å². The predicted molar refractivity (Wildman–Crippen MR) is 219 cm³/mol. The zero-order valence-corrected chi connectivity index (χ0v) is 33.7. The summed E-state index contributed by atoms with van der Waals surface area (Å²) in [4.78, 5) is 37.4. The highest BCUT2D eigenvalue weighted by molar-refractivity contribution is 6.48. The third-order valence-electron chi connectivity index (χ3n) is 9.24. The SMILES string of the molecule is CC.CC.CC1(C)OB([C@H](Cc2ccccc2)NC(=O)CNC=O)OC1(C)C.CCNC(=O)C1=C(C)c2ccccc2C1.Cc1c[nH]c2ccccc12. The van der Waals surface area contributed by atoms with Crippen molar-refractivity contribution in [3.8, 4) is 0 Å². The normalized spacial score (nSPS) is 15.0. The first-order valence-corrected chi connectivity index (χ1v) is 18.8. The van der Waals surface area contributed by atoms with Gasteiger partial charge in [-0.15, -0.1) is 0 Å². The minimum Gasteiger partial charge on any atom is -0.402 e. The zero-order valence-electron chi connectivity index (χ0n) is 33.7. The van der Waals surface area contributed by atoms with Crippen LogP contribution in [0.25, 0.3) is 16.5 Å². The summed E-state index contributed by atoms with van der Waals surface area (Å²) in [6, 6.07) is 26.4. The maximum absolute atomic E-state index is 12.0. The van der Waals surface area contributed by atoms with Gasteiger partial charge in [-0.25, -0.2) is 0 Å². The molecule has 9 nitrogen and oxygen atoms in total. The second kappa shape index (κ2) is 21.8. The fourth-order valence-corrected chi connectivity index (χ4v) is 5.79. The fraction of sp³-hybridized carbons (Fsp3) is 0.419. The van der Waals surface area contributed by atoms with Crippen molar-refractivity contribution < 1.29 is 23.7 Å². The second-order valence-electron chi connectivity index (χ2n) is 13.3. The number of aromatic nitrogens is 1. The first kappa shape index (κ1) is 44.5. The van der Waals surface area contributed by atoms with Gasteiger partial charge >= 0.3 is 7.12 Å². The van der Waals surface area contributed by atoms with Crippen LogP contribution in [0.5, 0.6) is 0 Å². The molecule has 4 N–H and O–H groups in total. The number of benzene rings is 3. The molecule has 53 heavy (non-hydrogen) atoms. The number of H-pyrrole nitrogens is 1. The molecule has 1 aromatic heterocycles. The van der Waals surface area contributed by atoms with Crippen LogP contribution in [0.2, 0.25) is 0 Å². The van der Waals surface area contributed by atoms with Crippen LogP contribution in [0, 0.1) is 6.92 Å². The molecular weight excluding hydrogens is 663 g/mol. The van der Waals surface area contributed by atoms with E-state index in [2.05, 4.69) is 58.2 Å². The standard InChI is InChI=1S/C17H25BN2O4.C13H15NO.C9H9N.2C2H6/c1-16(2)17(3,4)24-18(23-16)14(20-15(22)11-19-12-21)10-13-8-6-5-7-9-13;1-3-14-13(15)12-8-10-6-4-5-7-11(10)9(12)2;1-7-6-10-9-5-3-2-4-8(7)9;2*1-2/h5-9,12,14H,10-11H2,1-4H3,(H,19,21)(H,20,22);4-7H,3,8H2,1-2H3,(H,14,15);2-6,10H,1H3;2*1-2H3/t14-;;;;/m0..../s1. The van der Waals surface area contributed by atoms with Crippen molar-refractivity contribution in [2.45, 2.75) is 106 Å². The van der Waals surface area contributed by atoms with Crippen molar-refractivity contribution in [3.63, 3.8) is 0 Å². The van der Waals surface area contributed by atoms with Gasteiger partial charge in [0, 0.05) is 35.6 Å². The van der Waals surface area contributed by atoms with E-state index in [0.29, 0.717) is 19.4 Å². The van der Waals surface area contributed by atoms with Crippen LogP contribution in [0.1, 0.15) is 91.5 Å². The third-order valence-corrected chi connectivity index (χ3v) is 9.24. The van der Waals surface area contributed by atoms with Gasteiger partial charge in [-0.3, -0.25) is 14.4 Å². The van der Waals surface area contributed by atoms with E-state index in [4.69, 9.17) is 9.31 Å². The summed E-state index contributed by atoms with van der Waals surface area (Å²) in [5, 5.41) is 9.45. The molecule has 286 valence electrons. The molecule has 4 aromatic rings. The van der Waals surface area contributed by atoms with Gasteiger partial charge < -0.3 is 30.2 Å². The molecule has 0 radical (unpaired) electrons. The number of rotatable bonds is 9. The van der Waals surface area contributed by atoms with E-state index < -0.39 is 18.3 Å². The summed E-state index contributed by atoms with van der Waals surface area (Å²) in [6.45, 7) is 22.6. The lowest BCUT2D eigenvalue weighted by Gasteiger charge is -2.32. The lowest BCUT2D eigenvalue weighted by atomic mass is 9.74. The van der Waals surface area contributed by atoms with Crippen molar-refractivity contribution >= 4 is 41.8 Å². The number of hydrogen-bond donors (Lipinski definition) is 4. The van der Waals surface area contributed by atoms with Crippen LogP contribution in [0.15, 0.2) is 90.6 Å². The van der Waals surface area contributed by atoms with Gasteiger partial charge in [0.25, 0.3) is 0 Å². The highest BCUT2D eigenvalue weighted by Gasteiger charge is 2.54. The number of nitrogens with one attached hydrogen (secondary N) is 4. The van der Waals surface area contributed by atoms with Crippen LogP contribution in [0.3, 0.4) is 0 Å². The molecule has 2 aliphatic rings. The number of amides is 3. The Morgan fingerprint density at radius 2 is 1.45 bits per heavy atom. The predicted octanol–water partition coefficient (Wildman–Crippen LogP) is 7.77. The van der Waals surface area contributed by atoms with Crippen LogP contribution in [-0.2, 0) is 36.5 Å². The monoisotopic (exact) mass is 724 g/mol. The highest BCUT2D eigenvalue weighted by atomic mass is 16.7. The number of carbonyl (C=O) groups is 3. The maximum Gasteiger partial charge on any atom is 0.482 e. The Balaban J connectivity index is 0.000000284. The average Bonchev–Trinajstić information content (AvgIpc) is 3.79. The smallest absolute Gasteiger partial charge is 0.402 e. The van der Waals surface area contributed by atoms with Crippen molar-refractivity contribution in [1.29, 1.82) is 0 Å². The maximum atomic E-state index is 12.0. The lowest BCUT2D eigenvalue weighted by molar-refractivity contribution is -0.122. The number of fused-ring (bicyclic) bond motifs is 2. The van der Waals surface area contributed by atoms with Crippen molar-refractivity contribution in [1.82, 2.24) is 20.9 Å². The van der Waals surface area contributed by atoms with Gasteiger partial charge in [0.15, 0.2) is 0 Å². The third kappa shape index (κ3) is 12.5. The van der Waals surface area contributed by atoms with E-state index in [-0.39, 0.29) is 24.3 Å². The summed E-state index contributed by atoms with van der Waals surface area (Å²) in [6.07, 6.45) is 3.88. The Kier molecular flexibility index (Phi) is 18.3. The molecule has 3 aromatic carbocycles. The largest absolute Gasteiger partial charge is 0.482 e. The average molecular weight is 725 g/mol. The topological polar surface area (TPSA) is 122 Å². The molecule has 1 saturated heterocycles. The Morgan fingerprint density at radius 3 is 2.04 bits per heavy atom. The Hall–Kier alpha value is -4.67. The molecular formula is C43H61BN4O5. The van der Waals surface area contributed by atoms with Crippen LogP contribution < -0.4 is 16.0 Å². The summed E-state index contributed by atoms with van der Waals surface area (Å²) in [5.41, 5.74) is 7.18. The number of carbonyl (C=O) groups excluding carboxylic acids is 3. The van der Waals surface area contributed by atoms with E-state index in [1.165, 1.54) is 27.6 Å². The van der Waals surface area contributed by atoms with Crippen molar-refractivity contribution in [3.05, 3.63) is 113 Å². The number of para-hydroxylation sites is 1. The zero-order chi connectivity index (χ0) is 39.6. The first-order chi connectivity index (χ1) is 25.4. The van der Waals surface area contributed by atoms with Crippen LogP contribution in [0.4, 0.5) is 0 Å². The van der Waals surface area contributed by atoms with Gasteiger partial charge in [-0.05, 0) is 88.8 Å². The molecule has 2 heterocycles.